The van der Waals surface area contributed by atoms with Gasteiger partial charge in [-0.3, -0.25) is 4.79 Å². The van der Waals surface area contributed by atoms with Crippen molar-refractivity contribution in [3.05, 3.63) is 0 Å². The number of esters is 2. The van der Waals surface area contributed by atoms with Gasteiger partial charge in [0.1, 0.15) is 0 Å². The Hall–Kier alpha value is -1.68. The molecule has 0 amide bonds. The largest absolute Gasteiger partial charge is 0.743 e. The van der Waals surface area contributed by atoms with Gasteiger partial charge in [0, 0.05) is 12.8 Å². The zero-order chi connectivity index (χ0) is 24.0. The van der Waals surface area contributed by atoms with Gasteiger partial charge in [-0.2, -0.15) is 30.7 Å². The van der Waals surface area contributed by atoms with E-state index in [-0.39, 0.29) is 0 Å². The van der Waals surface area contributed by atoms with Crippen molar-refractivity contribution in [3.8, 4) is 0 Å². The van der Waals surface area contributed by atoms with Gasteiger partial charge >= 0.3 is 35.1 Å². The zero-order valence-corrected chi connectivity index (χ0v) is 16.4. The van der Waals surface area contributed by atoms with E-state index in [1.54, 1.807) is 0 Å². The summed E-state index contributed by atoms with van der Waals surface area (Å²) in [7, 11) is -6.71. The van der Waals surface area contributed by atoms with Gasteiger partial charge in [0.25, 0.3) is 0 Å². The lowest BCUT2D eigenvalue weighted by molar-refractivity contribution is -0.355. The molecule has 0 aromatic rings. The third-order valence-electron chi connectivity index (χ3n) is 3.39. The standard InChI is InChI=1S/C14H19F7O8S/c1-3-9(22)29-12(13(17,18)19,10(23)27-4-2)28-8-6-5-7-11(15,16)14(20,21)30(24,25)26/h3-8H2,1-2H3,(H,24,25,26)/p-1. The number of unbranched alkanes of at least 4 members (excludes halogenated alkanes) is 1. The third kappa shape index (κ3) is 6.41. The van der Waals surface area contributed by atoms with Crippen molar-refractivity contribution in [3.63, 3.8) is 0 Å². The van der Waals surface area contributed by atoms with Crippen LogP contribution in [-0.2, 0) is 33.9 Å². The normalized spacial score (nSPS) is 15.4. The molecule has 0 saturated carbocycles. The second kappa shape index (κ2) is 10.1. The Morgan fingerprint density at radius 1 is 0.967 bits per heavy atom. The summed E-state index contributed by atoms with van der Waals surface area (Å²) in [5.41, 5.74) is 0. The summed E-state index contributed by atoms with van der Waals surface area (Å²) >= 11 is 0. The van der Waals surface area contributed by atoms with Crippen LogP contribution in [0.2, 0.25) is 0 Å². The molecule has 0 saturated heterocycles. The van der Waals surface area contributed by atoms with Crippen LogP contribution in [0.1, 0.15) is 39.5 Å². The summed E-state index contributed by atoms with van der Waals surface area (Å²) in [6.07, 6.45) is -10.1. The Morgan fingerprint density at radius 3 is 1.90 bits per heavy atom. The molecule has 178 valence electrons. The summed E-state index contributed by atoms with van der Waals surface area (Å²) < 4.78 is 136. The molecule has 0 aliphatic rings. The first-order valence-electron chi connectivity index (χ1n) is 8.20. The Bertz CT molecular complexity index is 708. The zero-order valence-electron chi connectivity index (χ0n) is 15.6. The third-order valence-corrected chi connectivity index (χ3v) is 4.32. The van der Waals surface area contributed by atoms with Crippen molar-refractivity contribution in [2.75, 3.05) is 13.2 Å². The number of hydrogen-bond donors (Lipinski definition) is 0. The predicted molar refractivity (Wildman–Crippen MR) is 81.2 cm³/mol. The average molecular weight is 479 g/mol. The molecule has 0 fully saturated rings. The van der Waals surface area contributed by atoms with E-state index in [2.05, 4.69) is 14.2 Å². The maximum Gasteiger partial charge on any atom is 0.468 e. The maximum atomic E-state index is 13.4. The van der Waals surface area contributed by atoms with E-state index in [1.807, 2.05) is 0 Å². The Kier molecular flexibility index (Phi) is 9.52. The number of carbonyl (C=O) groups excluding carboxylic acids is 2. The summed E-state index contributed by atoms with van der Waals surface area (Å²) in [6.45, 7) is 0.448. The van der Waals surface area contributed by atoms with E-state index in [4.69, 9.17) is 0 Å². The molecule has 1 atom stereocenters. The average Bonchev–Trinajstić information content (AvgIpc) is 2.57. The minimum absolute atomic E-state index is 0.575. The summed E-state index contributed by atoms with van der Waals surface area (Å²) in [6, 6.07) is 0. The first-order chi connectivity index (χ1) is 13.4. The second-order valence-corrected chi connectivity index (χ2v) is 7.06. The first-order valence-corrected chi connectivity index (χ1v) is 9.61. The molecule has 0 spiro atoms. The number of rotatable bonds is 12. The lowest BCUT2D eigenvalue weighted by Gasteiger charge is -2.32. The highest BCUT2D eigenvalue weighted by atomic mass is 32.2. The Labute approximate surface area is 166 Å². The molecule has 0 bridgehead atoms. The van der Waals surface area contributed by atoms with Crippen LogP contribution in [0.5, 0.6) is 0 Å². The molecule has 1 unspecified atom stereocenters. The molecular weight excluding hydrogens is 461 g/mol. The fourth-order valence-corrected chi connectivity index (χ4v) is 2.31. The van der Waals surface area contributed by atoms with E-state index >= 15 is 0 Å². The van der Waals surface area contributed by atoms with Crippen molar-refractivity contribution >= 4 is 22.1 Å². The molecular formula is C14H18F7O8S-. The van der Waals surface area contributed by atoms with Gasteiger partial charge < -0.3 is 18.8 Å². The number of carbonyl (C=O) groups is 2. The van der Waals surface area contributed by atoms with Crippen LogP contribution in [0, 0.1) is 0 Å². The minimum atomic E-state index is -6.71. The maximum absolute atomic E-state index is 13.4. The van der Waals surface area contributed by atoms with Crippen molar-refractivity contribution in [2.45, 2.75) is 62.7 Å². The van der Waals surface area contributed by atoms with Crippen molar-refractivity contribution in [2.24, 2.45) is 0 Å². The highest BCUT2D eigenvalue weighted by molar-refractivity contribution is 7.86. The van der Waals surface area contributed by atoms with Gasteiger partial charge in [0.05, 0.1) is 13.2 Å². The molecule has 0 aromatic heterocycles. The number of hydrogen-bond acceptors (Lipinski definition) is 8. The number of alkyl halides is 7. The van der Waals surface area contributed by atoms with Crippen LogP contribution in [0.3, 0.4) is 0 Å². The molecule has 0 rings (SSSR count). The van der Waals surface area contributed by atoms with Gasteiger partial charge in [-0.25, -0.2) is 13.2 Å². The quantitative estimate of drug-likeness (QED) is 0.138. The fourth-order valence-electron chi connectivity index (χ4n) is 1.84. The summed E-state index contributed by atoms with van der Waals surface area (Å²) in [5.74, 6) is -13.2. The van der Waals surface area contributed by atoms with Gasteiger partial charge in [-0.05, 0) is 19.8 Å². The second-order valence-electron chi connectivity index (χ2n) is 5.64. The molecule has 30 heavy (non-hydrogen) atoms. The molecule has 0 aliphatic carbocycles. The van der Waals surface area contributed by atoms with Crippen molar-refractivity contribution < 1.29 is 67.5 Å². The summed E-state index contributed by atoms with van der Waals surface area (Å²) in [5, 5.41) is -5.95. The molecule has 0 radical (unpaired) electrons. The van der Waals surface area contributed by atoms with E-state index in [0.717, 1.165) is 13.8 Å². The lowest BCUT2D eigenvalue weighted by Crippen LogP contribution is -2.58. The Balaban J connectivity index is 5.32. The molecule has 0 aromatic carbocycles. The van der Waals surface area contributed by atoms with Crippen LogP contribution < -0.4 is 0 Å². The molecule has 8 nitrogen and oxygen atoms in total. The monoisotopic (exact) mass is 479 g/mol. The van der Waals surface area contributed by atoms with E-state index < -0.39 is 84.1 Å². The van der Waals surface area contributed by atoms with E-state index in [0.29, 0.717) is 0 Å². The fraction of sp³-hybridized carbons (Fsp3) is 0.857. The smallest absolute Gasteiger partial charge is 0.468 e. The van der Waals surface area contributed by atoms with E-state index in [9.17, 15) is 53.3 Å². The highest BCUT2D eigenvalue weighted by Gasteiger charge is 2.67. The molecule has 0 heterocycles. The highest BCUT2D eigenvalue weighted by Crippen LogP contribution is 2.42. The number of halogens is 7. The van der Waals surface area contributed by atoms with Crippen LogP contribution in [0.4, 0.5) is 30.7 Å². The Morgan fingerprint density at radius 2 is 1.50 bits per heavy atom. The molecule has 0 aliphatic heterocycles. The number of ether oxygens (including phenoxy) is 3. The SMILES string of the molecule is CCOC(=O)C(OCCCCC(F)(F)C(F)(F)S(=O)(=O)[O-])(OC(=O)CC)C(F)(F)F. The van der Waals surface area contributed by atoms with Crippen LogP contribution in [-0.4, -0.2) is 61.3 Å². The predicted octanol–water partition coefficient (Wildman–Crippen LogP) is 2.72. The topological polar surface area (TPSA) is 119 Å². The lowest BCUT2D eigenvalue weighted by atomic mass is 10.1. The van der Waals surface area contributed by atoms with Crippen molar-refractivity contribution in [1.29, 1.82) is 0 Å². The minimum Gasteiger partial charge on any atom is -0.743 e. The van der Waals surface area contributed by atoms with Crippen LogP contribution >= 0.6 is 0 Å². The van der Waals surface area contributed by atoms with Gasteiger partial charge in [0.15, 0.2) is 10.1 Å². The van der Waals surface area contributed by atoms with Crippen LogP contribution in [0.25, 0.3) is 0 Å². The summed E-state index contributed by atoms with van der Waals surface area (Å²) in [4.78, 5) is 23.1. The van der Waals surface area contributed by atoms with Crippen LogP contribution in [0.15, 0.2) is 0 Å². The molecule has 16 heteroatoms. The van der Waals surface area contributed by atoms with Gasteiger partial charge in [-0.1, -0.05) is 6.92 Å². The van der Waals surface area contributed by atoms with Gasteiger partial charge in [-0.15, -0.1) is 0 Å². The molecule has 0 N–H and O–H groups in total. The van der Waals surface area contributed by atoms with E-state index in [1.165, 1.54) is 0 Å². The van der Waals surface area contributed by atoms with Gasteiger partial charge in [0.2, 0.25) is 0 Å². The first kappa shape index (κ1) is 28.3. The van der Waals surface area contributed by atoms with Crippen molar-refractivity contribution in [1.82, 2.24) is 0 Å².